The maximum Gasteiger partial charge on any atom is 0.142 e. The van der Waals surface area contributed by atoms with E-state index >= 15 is 0 Å². The van der Waals surface area contributed by atoms with E-state index in [4.69, 9.17) is 4.74 Å². The van der Waals surface area contributed by atoms with Crippen molar-refractivity contribution in [2.45, 2.75) is 40.2 Å². The Balaban J connectivity index is 3.13. The maximum absolute atomic E-state index is 12.1. The van der Waals surface area contributed by atoms with E-state index < -0.39 is 6.10 Å². The number of ketones is 1. The fourth-order valence-corrected chi connectivity index (χ4v) is 1.83. The number of hydrogen-bond donors (Lipinski definition) is 1. The van der Waals surface area contributed by atoms with Gasteiger partial charge in [-0.1, -0.05) is 32.9 Å². The molecule has 0 amide bonds. The molecule has 1 atom stereocenters. The van der Waals surface area contributed by atoms with Crippen LogP contribution < -0.4 is 4.74 Å². The Hall–Kier alpha value is -1.35. The van der Waals surface area contributed by atoms with Gasteiger partial charge < -0.3 is 9.84 Å². The molecule has 0 bridgehead atoms. The quantitative estimate of drug-likeness (QED) is 0.893. The zero-order valence-corrected chi connectivity index (χ0v) is 11.8. The van der Waals surface area contributed by atoms with Gasteiger partial charge in [0.15, 0.2) is 0 Å². The van der Waals surface area contributed by atoms with Gasteiger partial charge in [0.25, 0.3) is 0 Å². The lowest BCUT2D eigenvalue weighted by molar-refractivity contribution is -0.125. The van der Waals surface area contributed by atoms with E-state index in [2.05, 4.69) is 0 Å². The minimum atomic E-state index is -0.649. The van der Waals surface area contributed by atoms with Gasteiger partial charge in [-0.25, -0.2) is 0 Å². The summed E-state index contributed by atoms with van der Waals surface area (Å²) in [6, 6.07) is 5.51. The Labute approximate surface area is 109 Å². The first-order valence-corrected chi connectivity index (χ1v) is 6.14. The first-order valence-electron chi connectivity index (χ1n) is 6.14. The zero-order valence-electron chi connectivity index (χ0n) is 11.8. The summed E-state index contributed by atoms with van der Waals surface area (Å²) < 4.78 is 5.24. The molecule has 1 aromatic carbocycles. The summed E-state index contributed by atoms with van der Waals surface area (Å²) in [4.78, 5) is 12.1. The van der Waals surface area contributed by atoms with Crippen LogP contribution in [0.5, 0.6) is 5.75 Å². The van der Waals surface area contributed by atoms with Gasteiger partial charge in [0.05, 0.1) is 13.2 Å². The Morgan fingerprint density at radius 2 is 2.00 bits per heavy atom. The summed E-state index contributed by atoms with van der Waals surface area (Å²) in [7, 11) is 1.57. The van der Waals surface area contributed by atoms with E-state index in [1.807, 2.05) is 32.9 Å². The molecular formula is C15H22O3. The smallest absolute Gasteiger partial charge is 0.142 e. The molecule has 0 heterocycles. The lowest BCUT2D eigenvalue weighted by Crippen LogP contribution is -2.23. The van der Waals surface area contributed by atoms with Crippen LogP contribution >= 0.6 is 0 Å². The van der Waals surface area contributed by atoms with E-state index in [0.717, 1.165) is 5.56 Å². The standard InChI is InChI=1S/C15H22O3/c1-10(16)14-11(7-6-8-12(14)18-5)9-13(17)15(2,3)4/h6-8,10,16H,9H2,1-5H3. The van der Waals surface area contributed by atoms with E-state index in [1.54, 1.807) is 20.1 Å². The summed E-state index contributed by atoms with van der Waals surface area (Å²) in [6.07, 6.45) is -0.329. The molecule has 0 saturated carbocycles. The molecule has 1 aromatic rings. The Kier molecular flexibility index (Phi) is 4.52. The molecule has 1 rings (SSSR count). The number of methoxy groups -OCH3 is 1. The number of hydrogen-bond acceptors (Lipinski definition) is 3. The first kappa shape index (κ1) is 14.7. The molecule has 0 radical (unpaired) electrons. The van der Waals surface area contributed by atoms with E-state index in [0.29, 0.717) is 17.7 Å². The number of rotatable bonds is 4. The van der Waals surface area contributed by atoms with Crippen molar-refractivity contribution < 1.29 is 14.6 Å². The molecule has 18 heavy (non-hydrogen) atoms. The number of Topliss-reactive ketones (excluding diaryl/α,β-unsaturated/α-hetero) is 1. The van der Waals surface area contributed by atoms with Crippen LogP contribution in [0, 0.1) is 5.41 Å². The van der Waals surface area contributed by atoms with Gasteiger partial charge in [0.1, 0.15) is 11.5 Å². The van der Waals surface area contributed by atoms with Crippen molar-refractivity contribution in [1.29, 1.82) is 0 Å². The van der Waals surface area contributed by atoms with Crippen LogP contribution in [0.1, 0.15) is 44.9 Å². The lowest BCUT2D eigenvalue weighted by atomic mass is 9.85. The van der Waals surface area contributed by atoms with Crippen LogP contribution in [0.25, 0.3) is 0 Å². The van der Waals surface area contributed by atoms with Crippen molar-refractivity contribution in [1.82, 2.24) is 0 Å². The fraction of sp³-hybridized carbons (Fsp3) is 0.533. The van der Waals surface area contributed by atoms with Gasteiger partial charge in [-0.05, 0) is 18.6 Å². The van der Waals surface area contributed by atoms with Crippen LogP contribution in [0.4, 0.5) is 0 Å². The van der Waals surface area contributed by atoms with Crippen molar-refractivity contribution in [3.05, 3.63) is 29.3 Å². The lowest BCUT2D eigenvalue weighted by Gasteiger charge is -2.20. The number of ether oxygens (including phenoxy) is 1. The average molecular weight is 250 g/mol. The Bertz CT molecular complexity index is 428. The summed E-state index contributed by atoms with van der Waals surface area (Å²) in [5, 5.41) is 9.84. The minimum Gasteiger partial charge on any atom is -0.496 e. The topological polar surface area (TPSA) is 46.5 Å². The molecule has 3 nitrogen and oxygen atoms in total. The number of benzene rings is 1. The summed E-state index contributed by atoms with van der Waals surface area (Å²) in [5.41, 5.74) is 1.17. The van der Waals surface area contributed by atoms with Crippen molar-refractivity contribution in [2.24, 2.45) is 5.41 Å². The molecule has 3 heteroatoms. The summed E-state index contributed by atoms with van der Waals surface area (Å²) in [6.45, 7) is 7.38. The fourth-order valence-electron chi connectivity index (χ4n) is 1.83. The Morgan fingerprint density at radius 1 is 1.39 bits per heavy atom. The molecular weight excluding hydrogens is 228 g/mol. The molecule has 100 valence electrons. The number of carbonyl (C=O) groups is 1. The molecule has 0 spiro atoms. The van der Waals surface area contributed by atoms with Crippen LogP contribution in [0.15, 0.2) is 18.2 Å². The predicted molar refractivity (Wildman–Crippen MR) is 71.8 cm³/mol. The summed E-state index contributed by atoms with van der Waals surface area (Å²) in [5.74, 6) is 0.780. The molecule has 1 unspecified atom stereocenters. The third-order valence-electron chi connectivity index (χ3n) is 2.98. The van der Waals surface area contributed by atoms with Gasteiger partial charge in [-0.3, -0.25) is 4.79 Å². The van der Waals surface area contributed by atoms with Gasteiger partial charge in [-0.2, -0.15) is 0 Å². The van der Waals surface area contributed by atoms with E-state index in [9.17, 15) is 9.90 Å². The monoisotopic (exact) mass is 250 g/mol. The zero-order chi connectivity index (χ0) is 13.9. The van der Waals surface area contributed by atoms with Gasteiger partial charge >= 0.3 is 0 Å². The Morgan fingerprint density at radius 3 is 2.44 bits per heavy atom. The minimum absolute atomic E-state index is 0.151. The van der Waals surface area contributed by atoms with Gasteiger partial charge in [0, 0.05) is 17.4 Å². The van der Waals surface area contributed by atoms with Crippen LogP contribution in [-0.4, -0.2) is 18.0 Å². The van der Waals surface area contributed by atoms with Crippen molar-refractivity contribution >= 4 is 5.78 Å². The molecule has 0 aliphatic heterocycles. The average Bonchev–Trinajstić information content (AvgIpc) is 2.26. The SMILES string of the molecule is COc1cccc(CC(=O)C(C)(C)C)c1C(C)O. The van der Waals surface area contributed by atoms with Gasteiger partial charge in [-0.15, -0.1) is 0 Å². The molecule has 0 aliphatic rings. The van der Waals surface area contributed by atoms with Crippen LogP contribution in [0.2, 0.25) is 0 Å². The first-order chi connectivity index (χ1) is 8.27. The molecule has 0 aromatic heterocycles. The van der Waals surface area contributed by atoms with Crippen molar-refractivity contribution in [3.63, 3.8) is 0 Å². The highest BCUT2D eigenvalue weighted by Gasteiger charge is 2.24. The van der Waals surface area contributed by atoms with Crippen LogP contribution in [-0.2, 0) is 11.2 Å². The molecule has 0 saturated heterocycles. The second-order valence-electron chi connectivity index (χ2n) is 5.56. The number of aliphatic hydroxyl groups excluding tert-OH is 1. The van der Waals surface area contributed by atoms with Crippen LogP contribution in [0.3, 0.4) is 0 Å². The normalized spacial score (nSPS) is 13.2. The number of aliphatic hydroxyl groups is 1. The van der Waals surface area contributed by atoms with E-state index in [-0.39, 0.29) is 11.2 Å². The number of carbonyl (C=O) groups excluding carboxylic acids is 1. The third-order valence-corrected chi connectivity index (χ3v) is 2.98. The van der Waals surface area contributed by atoms with Crippen molar-refractivity contribution in [2.75, 3.05) is 7.11 Å². The molecule has 0 aliphatic carbocycles. The second kappa shape index (κ2) is 5.53. The highest BCUT2D eigenvalue weighted by molar-refractivity contribution is 5.86. The largest absolute Gasteiger partial charge is 0.496 e. The summed E-state index contributed by atoms with van der Waals surface area (Å²) >= 11 is 0. The third kappa shape index (κ3) is 3.33. The highest BCUT2D eigenvalue weighted by atomic mass is 16.5. The second-order valence-corrected chi connectivity index (χ2v) is 5.56. The molecule has 0 fully saturated rings. The van der Waals surface area contributed by atoms with E-state index in [1.165, 1.54) is 0 Å². The highest BCUT2D eigenvalue weighted by Crippen LogP contribution is 2.30. The molecule has 1 N–H and O–H groups in total. The van der Waals surface area contributed by atoms with Gasteiger partial charge in [0.2, 0.25) is 0 Å². The predicted octanol–water partition coefficient (Wildman–Crippen LogP) is 2.91. The maximum atomic E-state index is 12.1. The van der Waals surface area contributed by atoms with Crippen molar-refractivity contribution in [3.8, 4) is 5.75 Å².